The number of ether oxygens (including phenoxy) is 1. The van der Waals surface area contributed by atoms with Crippen molar-refractivity contribution in [2.24, 2.45) is 11.7 Å². The van der Waals surface area contributed by atoms with Crippen LogP contribution in [-0.2, 0) is 9.53 Å². The van der Waals surface area contributed by atoms with Crippen molar-refractivity contribution < 1.29 is 18.7 Å². The van der Waals surface area contributed by atoms with Crippen LogP contribution in [0.25, 0.3) is 0 Å². The Morgan fingerprint density at radius 2 is 2.09 bits per heavy atom. The van der Waals surface area contributed by atoms with Gasteiger partial charge in [0.1, 0.15) is 0 Å². The van der Waals surface area contributed by atoms with Crippen LogP contribution in [0, 0.1) is 11.7 Å². The summed E-state index contributed by atoms with van der Waals surface area (Å²) in [4.78, 5) is 21.7. The molecule has 7 heteroatoms. The zero-order chi connectivity index (χ0) is 17.1. The fourth-order valence-corrected chi connectivity index (χ4v) is 3.25. The molecule has 23 heavy (non-hydrogen) atoms. The normalized spacial score (nSPS) is 25.4. The van der Waals surface area contributed by atoms with Crippen LogP contribution in [0.5, 0.6) is 0 Å². The van der Waals surface area contributed by atoms with Gasteiger partial charge in [-0.1, -0.05) is 11.6 Å². The van der Waals surface area contributed by atoms with Crippen LogP contribution >= 0.6 is 11.6 Å². The molecule has 5 nitrogen and oxygen atoms in total. The molecule has 0 radical (unpaired) electrons. The van der Waals surface area contributed by atoms with Crippen LogP contribution in [-0.4, -0.2) is 30.9 Å². The molecule has 126 valence electrons. The van der Waals surface area contributed by atoms with E-state index < -0.39 is 5.82 Å². The van der Waals surface area contributed by atoms with Crippen molar-refractivity contribution in [1.29, 1.82) is 0 Å². The third-order valence-corrected chi connectivity index (χ3v) is 4.45. The fraction of sp³-hybridized carbons (Fsp3) is 0.500. The summed E-state index contributed by atoms with van der Waals surface area (Å²) in [6.45, 7) is 1.31. The van der Waals surface area contributed by atoms with Crippen molar-refractivity contribution >= 4 is 29.0 Å². The van der Waals surface area contributed by atoms with Gasteiger partial charge in [-0.3, -0.25) is 9.59 Å². The maximum Gasteiger partial charge on any atom is 0.214 e. The van der Waals surface area contributed by atoms with E-state index in [9.17, 15) is 14.0 Å². The Hall–Kier alpha value is -1.66. The van der Waals surface area contributed by atoms with Crippen LogP contribution in [0.4, 0.5) is 10.1 Å². The highest BCUT2D eigenvalue weighted by molar-refractivity contribution is 6.31. The van der Waals surface area contributed by atoms with E-state index in [1.54, 1.807) is 13.2 Å². The lowest BCUT2D eigenvalue weighted by atomic mass is 9.75. The zero-order valence-electron chi connectivity index (χ0n) is 13.1. The highest BCUT2D eigenvalue weighted by Gasteiger charge is 2.41. The summed E-state index contributed by atoms with van der Waals surface area (Å²) in [5, 5.41) is 3.19. The number of anilines is 1. The van der Waals surface area contributed by atoms with Gasteiger partial charge in [0.15, 0.2) is 11.6 Å². The number of primary amides is 1. The minimum atomic E-state index is -0.528. The smallest absolute Gasteiger partial charge is 0.214 e. The average Bonchev–Trinajstić information content (AvgIpc) is 2.51. The van der Waals surface area contributed by atoms with Gasteiger partial charge in [0, 0.05) is 31.6 Å². The maximum absolute atomic E-state index is 14.0. The van der Waals surface area contributed by atoms with Crippen LogP contribution in [0.3, 0.4) is 0 Å². The lowest BCUT2D eigenvalue weighted by Crippen LogP contribution is -2.45. The summed E-state index contributed by atoms with van der Waals surface area (Å²) in [6, 6.07) is 3.02. The van der Waals surface area contributed by atoms with E-state index >= 15 is 0 Å². The molecule has 0 bridgehead atoms. The molecule has 3 N–H and O–H groups in total. The Labute approximate surface area is 139 Å². The van der Waals surface area contributed by atoms with Crippen molar-refractivity contribution in [2.75, 3.05) is 12.4 Å². The molecule has 1 heterocycles. The standard InChI is InChI=1S/C14H15ClFNO2.C2H5NO/c1-19-7-2-5-11-9(6-7)14(18)8-3-4-10(15)12(16)13(8)17-11;1-2(3)4/h3-4,7,9,11,17H,2,5-6H2,1H3;1H3,(H2,3,4). The number of benzene rings is 1. The van der Waals surface area contributed by atoms with Gasteiger partial charge in [0.2, 0.25) is 5.91 Å². The number of rotatable bonds is 1. The Kier molecular flexibility index (Phi) is 5.59. The van der Waals surface area contributed by atoms with Gasteiger partial charge >= 0.3 is 0 Å². The van der Waals surface area contributed by atoms with E-state index in [4.69, 9.17) is 16.3 Å². The molecule has 3 atom stereocenters. The summed E-state index contributed by atoms with van der Waals surface area (Å²) in [5.74, 6) is -0.998. The quantitative estimate of drug-likeness (QED) is 0.822. The first kappa shape index (κ1) is 17.7. The molecule has 1 saturated carbocycles. The number of amides is 1. The number of Topliss-reactive ketones (excluding diaryl/α,β-unsaturated/α-hetero) is 1. The number of hydrogen-bond acceptors (Lipinski definition) is 4. The Bertz CT molecular complexity index is 620. The summed E-state index contributed by atoms with van der Waals surface area (Å²) < 4.78 is 19.3. The molecule has 1 fully saturated rings. The van der Waals surface area contributed by atoms with Crippen LogP contribution in [0.15, 0.2) is 12.1 Å². The molecule has 1 amide bonds. The molecule has 3 rings (SSSR count). The van der Waals surface area contributed by atoms with Crippen molar-refractivity contribution in [3.63, 3.8) is 0 Å². The number of carbonyl (C=O) groups excluding carboxylic acids is 2. The van der Waals surface area contributed by atoms with Gasteiger partial charge < -0.3 is 15.8 Å². The van der Waals surface area contributed by atoms with Gasteiger partial charge in [0.05, 0.1) is 16.8 Å². The second-order valence-corrected chi connectivity index (χ2v) is 6.19. The average molecular weight is 343 g/mol. The van der Waals surface area contributed by atoms with E-state index in [0.29, 0.717) is 12.0 Å². The monoisotopic (exact) mass is 342 g/mol. The van der Waals surface area contributed by atoms with Crippen molar-refractivity contribution in [3.05, 3.63) is 28.5 Å². The summed E-state index contributed by atoms with van der Waals surface area (Å²) >= 11 is 5.77. The molecular weight excluding hydrogens is 323 g/mol. The van der Waals surface area contributed by atoms with Gasteiger partial charge in [-0.15, -0.1) is 0 Å². The summed E-state index contributed by atoms with van der Waals surface area (Å²) in [6.07, 6.45) is 2.50. The SMILES string of the molecule is CC(N)=O.COC1CCC2Nc3c(ccc(Cl)c3F)C(=O)C2C1. The molecule has 1 aromatic rings. The van der Waals surface area contributed by atoms with Crippen LogP contribution < -0.4 is 11.1 Å². The number of methoxy groups -OCH3 is 1. The second kappa shape index (κ2) is 7.27. The minimum Gasteiger partial charge on any atom is -0.381 e. The lowest BCUT2D eigenvalue weighted by Gasteiger charge is -2.39. The van der Waals surface area contributed by atoms with Gasteiger partial charge in [-0.25, -0.2) is 4.39 Å². The predicted molar refractivity (Wildman–Crippen MR) is 86.2 cm³/mol. The van der Waals surface area contributed by atoms with Crippen molar-refractivity contribution in [2.45, 2.75) is 38.3 Å². The van der Waals surface area contributed by atoms with Gasteiger partial charge in [0.25, 0.3) is 0 Å². The molecule has 1 aliphatic heterocycles. The zero-order valence-corrected chi connectivity index (χ0v) is 13.8. The summed E-state index contributed by atoms with van der Waals surface area (Å²) in [7, 11) is 1.67. The Balaban J connectivity index is 0.000000433. The fourth-order valence-electron chi connectivity index (χ4n) is 3.09. The van der Waals surface area contributed by atoms with E-state index in [1.807, 2.05) is 0 Å². The molecule has 0 saturated heterocycles. The number of fused-ring (bicyclic) bond motifs is 2. The first-order valence-corrected chi connectivity index (χ1v) is 7.80. The Morgan fingerprint density at radius 1 is 1.43 bits per heavy atom. The molecule has 0 spiro atoms. The van der Waals surface area contributed by atoms with E-state index in [2.05, 4.69) is 11.1 Å². The Morgan fingerprint density at radius 3 is 2.70 bits per heavy atom. The largest absolute Gasteiger partial charge is 0.381 e. The predicted octanol–water partition coefficient (Wildman–Crippen LogP) is 2.76. The highest BCUT2D eigenvalue weighted by Crippen LogP contribution is 2.39. The number of ketones is 1. The number of hydrogen-bond donors (Lipinski definition) is 2. The molecule has 2 aliphatic rings. The number of carbonyl (C=O) groups is 2. The summed E-state index contributed by atoms with van der Waals surface area (Å²) in [5.41, 5.74) is 5.13. The van der Waals surface area contributed by atoms with Gasteiger partial charge in [-0.05, 0) is 31.4 Å². The number of halogens is 2. The van der Waals surface area contributed by atoms with Crippen molar-refractivity contribution in [3.8, 4) is 0 Å². The number of nitrogens with two attached hydrogens (primary N) is 1. The molecule has 0 aromatic heterocycles. The molecule has 1 aliphatic carbocycles. The lowest BCUT2D eigenvalue weighted by molar-refractivity contribution is -0.115. The molecule has 1 aromatic carbocycles. The first-order valence-electron chi connectivity index (χ1n) is 7.42. The van der Waals surface area contributed by atoms with Crippen LogP contribution in [0.2, 0.25) is 5.02 Å². The van der Waals surface area contributed by atoms with E-state index in [1.165, 1.54) is 13.0 Å². The van der Waals surface area contributed by atoms with Crippen LogP contribution in [0.1, 0.15) is 36.5 Å². The third-order valence-electron chi connectivity index (χ3n) is 4.16. The maximum atomic E-state index is 14.0. The van der Waals surface area contributed by atoms with E-state index in [-0.39, 0.29) is 40.5 Å². The van der Waals surface area contributed by atoms with E-state index in [0.717, 1.165) is 12.8 Å². The third kappa shape index (κ3) is 3.82. The molecule has 3 unspecified atom stereocenters. The minimum absolute atomic E-state index is 0.00364. The number of nitrogens with one attached hydrogen (secondary N) is 1. The first-order chi connectivity index (χ1) is 10.8. The topological polar surface area (TPSA) is 81.4 Å². The van der Waals surface area contributed by atoms with Crippen molar-refractivity contribution in [1.82, 2.24) is 0 Å². The highest BCUT2D eigenvalue weighted by atomic mass is 35.5. The molecular formula is C16H20ClFN2O3. The van der Waals surface area contributed by atoms with Gasteiger partial charge in [-0.2, -0.15) is 0 Å². The second-order valence-electron chi connectivity index (χ2n) is 5.79.